The second-order valence-electron chi connectivity index (χ2n) is 10.0. The van der Waals surface area contributed by atoms with Crippen LogP contribution in [-0.2, 0) is 20.1 Å². The maximum Gasteiger partial charge on any atom is 0.120 e. The third kappa shape index (κ3) is 5.94. The summed E-state index contributed by atoms with van der Waals surface area (Å²) >= 11 is 0. The maximum absolute atomic E-state index is 8.20. The van der Waals surface area contributed by atoms with E-state index in [9.17, 15) is 0 Å². The van der Waals surface area contributed by atoms with Crippen LogP contribution in [-0.4, -0.2) is 9.97 Å². The summed E-state index contributed by atoms with van der Waals surface area (Å²) in [6, 6.07) is 27.1. The van der Waals surface area contributed by atoms with E-state index in [1.807, 2.05) is 48.5 Å². The molecule has 0 saturated heterocycles. The van der Waals surface area contributed by atoms with Crippen molar-refractivity contribution < 1.29 is 31.4 Å². The summed E-state index contributed by atoms with van der Waals surface area (Å²) in [6.45, 7) is -0.258. The normalized spacial score (nSPS) is 15.6. The predicted octanol–water partition coefficient (Wildman–Crippen LogP) is 9.66. The van der Waals surface area contributed by atoms with Crippen LogP contribution in [0.25, 0.3) is 44.5 Å². The molecule has 0 unspecified atom stereocenters. The van der Waals surface area contributed by atoms with Crippen molar-refractivity contribution in [2.45, 2.75) is 51.8 Å². The Morgan fingerprint density at radius 3 is 2.50 bits per heavy atom. The Labute approximate surface area is 257 Å². The minimum atomic E-state index is -2.48. The van der Waals surface area contributed by atoms with Crippen LogP contribution in [0.2, 0.25) is 0 Å². The van der Waals surface area contributed by atoms with Crippen molar-refractivity contribution in [3.63, 3.8) is 0 Å². The molecule has 0 N–H and O–H groups in total. The van der Waals surface area contributed by atoms with E-state index < -0.39 is 6.85 Å². The summed E-state index contributed by atoms with van der Waals surface area (Å²) in [7, 11) is 0. The van der Waals surface area contributed by atoms with Crippen LogP contribution in [0.1, 0.15) is 61.6 Å². The summed E-state index contributed by atoms with van der Waals surface area (Å²) in [5.74, 6) is 0.732. The molecule has 3 nitrogen and oxygen atoms in total. The Hall–Kier alpha value is -3.59. The zero-order valence-electron chi connectivity index (χ0n) is 27.3. The Morgan fingerprint density at radius 2 is 1.70 bits per heavy atom. The molecule has 40 heavy (non-hydrogen) atoms. The molecule has 1 aliphatic rings. The minimum absolute atomic E-state index is 0. The number of fused-ring (bicyclic) bond motifs is 3. The zero-order chi connectivity index (χ0) is 30.8. The molecule has 0 atom stereocenters. The molecule has 7 rings (SSSR count). The summed E-state index contributed by atoms with van der Waals surface area (Å²) in [6.07, 6.45) is 10.1. The number of para-hydroxylation sites is 1. The van der Waals surface area contributed by atoms with Gasteiger partial charge in [-0.05, 0) is 61.1 Å². The number of pyridine rings is 2. The molecule has 3 heterocycles. The van der Waals surface area contributed by atoms with Gasteiger partial charge in [-0.3, -0.25) is 0 Å². The van der Waals surface area contributed by atoms with Crippen LogP contribution < -0.4 is 0 Å². The number of hydrogen-bond donors (Lipinski definition) is 0. The first-order valence-electron chi connectivity index (χ1n) is 15.9. The van der Waals surface area contributed by atoms with Crippen molar-refractivity contribution in [1.29, 1.82) is 0 Å². The van der Waals surface area contributed by atoms with Gasteiger partial charge in [0.05, 0.1) is 8.32 Å². The van der Waals surface area contributed by atoms with Gasteiger partial charge in [-0.25, -0.2) is 0 Å². The molecule has 3 aromatic heterocycles. The van der Waals surface area contributed by atoms with Crippen LogP contribution in [0.5, 0.6) is 0 Å². The fourth-order valence-corrected chi connectivity index (χ4v) is 5.42. The Morgan fingerprint density at radius 1 is 0.875 bits per heavy atom. The van der Waals surface area contributed by atoms with E-state index in [-0.39, 0.29) is 43.4 Å². The number of aryl methyl sites for hydroxylation is 2. The number of hydrogen-bond acceptors (Lipinski definition) is 3. The van der Waals surface area contributed by atoms with Gasteiger partial charge < -0.3 is 14.4 Å². The molecule has 6 aromatic rings. The van der Waals surface area contributed by atoms with E-state index in [1.165, 1.54) is 43.2 Å². The van der Waals surface area contributed by atoms with Crippen LogP contribution in [0.3, 0.4) is 0 Å². The fraction of sp³-hybridized carbons (Fsp3) is 0.222. The third-order valence-electron chi connectivity index (χ3n) is 7.40. The standard InChI is InChI=1S/C18H12NO.C18H20N.Ir/c1-12-9-10-16(19-11-12)15-7-4-6-14-13-5-2-3-8-17(13)20-18(14)15;1-14-12-18(16-10-6-3-7-11-16)19-13-17(14)15-8-4-2-5-9-15;/h2-6,8-11H,1H3;3,6-7,10,12-13,15H,2,4-5,8-9H2,1H3;/q2*-1;/i1D3,9D,10D;;. The van der Waals surface area contributed by atoms with E-state index >= 15 is 0 Å². The van der Waals surface area contributed by atoms with Crippen molar-refractivity contribution in [1.82, 2.24) is 9.97 Å². The number of rotatable bonds is 3. The van der Waals surface area contributed by atoms with Crippen molar-refractivity contribution in [2.75, 3.05) is 0 Å². The van der Waals surface area contributed by atoms with Crippen molar-refractivity contribution in [2.24, 2.45) is 0 Å². The molecule has 3 aromatic carbocycles. The maximum atomic E-state index is 8.20. The average molecular weight is 706 g/mol. The first-order chi connectivity index (χ1) is 21.2. The van der Waals surface area contributed by atoms with Gasteiger partial charge in [0, 0.05) is 42.0 Å². The molecule has 1 radical (unpaired) electrons. The molecule has 0 spiro atoms. The van der Waals surface area contributed by atoms with Crippen molar-refractivity contribution >= 4 is 21.9 Å². The Balaban J connectivity index is 0.000000180. The van der Waals surface area contributed by atoms with E-state index in [0.29, 0.717) is 16.7 Å². The van der Waals surface area contributed by atoms with Crippen molar-refractivity contribution in [3.05, 3.63) is 120 Å². The van der Waals surface area contributed by atoms with E-state index in [1.54, 1.807) is 6.07 Å². The van der Waals surface area contributed by atoms with Gasteiger partial charge in [0.1, 0.15) is 5.58 Å². The second kappa shape index (κ2) is 12.7. The summed E-state index contributed by atoms with van der Waals surface area (Å²) in [5.41, 5.74) is 6.58. The molecule has 0 aliphatic heterocycles. The van der Waals surface area contributed by atoms with Gasteiger partial charge in [0.15, 0.2) is 0 Å². The summed E-state index contributed by atoms with van der Waals surface area (Å²) in [5, 5.41) is 1.79. The number of furan rings is 1. The number of aromatic nitrogens is 2. The minimum Gasteiger partial charge on any atom is -0.501 e. The first-order valence-corrected chi connectivity index (χ1v) is 13.4. The van der Waals surface area contributed by atoms with Crippen LogP contribution in [0.15, 0.2) is 95.6 Å². The van der Waals surface area contributed by atoms with E-state index in [0.717, 1.165) is 34.1 Å². The third-order valence-corrected chi connectivity index (χ3v) is 7.40. The van der Waals surface area contributed by atoms with E-state index in [4.69, 9.17) is 11.3 Å². The molecule has 1 fully saturated rings. The van der Waals surface area contributed by atoms with Gasteiger partial charge in [0.25, 0.3) is 0 Å². The number of nitrogens with zero attached hydrogens (tertiary/aromatic N) is 2. The monoisotopic (exact) mass is 706 g/mol. The fourth-order valence-electron chi connectivity index (χ4n) is 5.42. The summed E-state index contributed by atoms with van der Waals surface area (Å²) in [4.78, 5) is 8.79. The molecule has 203 valence electrons. The predicted molar refractivity (Wildman–Crippen MR) is 160 cm³/mol. The van der Waals surface area contributed by atoms with Crippen molar-refractivity contribution in [3.8, 4) is 22.5 Å². The Kier molecular flexibility index (Phi) is 7.04. The molecule has 4 heteroatoms. The largest absolute Gasteiger partial charge is 0.501 e. The van der Waals surface area contributed by atoms with Gasteiger partial charge in [-0.1, -0.05) is 72.1 Å². The SMILES string of the molecule is Cc1cc(-c2[c-]cccc2)ncc1C1CCCCC1.[2H]c1c(C([2H])([2H])[2H])cnc(-c2[c-]ccc3c2oc2ccccc23)c1[2H].[Ir]. The smallest absolute Gasteiger partial charge is 0.120 e. The molecular formula is C36H32IrN2O-2. The Bertz CT molecular complexity index is 1930. The zero-order valence-corrected chi connectivity index (χ0v) is 24.6. The van der Waals surface area contributed by atoms with E-state index in [2.05, 4.69) is 47.4 Å². The average Bonchev–Trinajstić information content (AvgIpc) is 3.42. The van der Waals surface area contributed by atoms with Gasteiger partial charge >= 0.3 is 0 Å². The van der Waals surface area contributed by atoms with Gasteiger partial charge in [-0.2, -0.15) is 0 Å². The number of benzene rings is 3. The van der Waals surface area contributed by atoms with Crippen LogP contribution in [0.4, 0.5) is 0 Å². The van der Waals surface area contributed by atoms with Crippen LogP contribution in [0, 0.1) is 25.9 Å². The summed E-state index contributed by atoms with van der Waals surface area (Å²) < 4.78 is 44.5. The topological polar surface area (TPSA) is 38.9 Å². The van der Waals surface area contributed by atoms with Crippen LogP contribution >= 0.6 is 0 Å². The molecule has 1 saturated carbocycles. The molecular weight excluding hydrogens is 669 g/mol. The molecule has 1 aliphatic carbocycles. The first kappa shape index (κ1) is 22.1. The quantitative estimate of drug-likeness (QED) is 0.172. The molecule has 0 bridgehead atoms. The molecule has 0 amide bonds. The second-order valence-corrected chi connectivity index (χ2v) is 10.0. The van der Waals surface area contributed by atoms with Gasteiger partial charge in [-0.15, -0.1) is 54.1 Å². The van der Waals surface area contributed by atoms with Gasteiger partial charge in [0.2, 0.25) is 0 Å².